The van der Waals surface area contributed by atoms with Crippen LogP contribution in [0.5, 0.6) is 34.5 Å². The van der Waals surface area contributed by atoms with Gasteiger partial charge in [0.2, 0.25) is 0 Å². The van der Waals surface area contributed by atoms with E-state index in [0.29, 0.717) is 51.1 Å². The number of ether oxygens (including phenoxy) is 7. The van der Waals surface area contributed by atoms with Crippen LogP contribution in [0.2, 0.25) is 0 Å². The Kier molecular flexibility index (Phi) is 20.8. The van der Waals surface area contributed by atoms with Crippen molar-refractivity contribution < 1.29 is 38.0 Å². The number of fused-ring (bicyclic) bond motifs is 6. The fourth-order valence-electron chi connectivity index (χ4n) is 6.87. The quantitative estimate of drug-likeness (QED) is 0.0283. The molecule has 4 aromatic carbocycles. The molecule has 0 amide bonds. The van der Waals surface area contributed by atoms with E-state index in [-0.39, 0.29) is 6.61 Å². The van der Waals surface area contributed by atoms with Gasteiger partial charge in [0.1, 0.15) is 0 Å². The van der Waals surface area contributed by atoms with Crippen molar-refractivity contribution in [3.63, 3.8) is 0 Å². The number of hydrogen-bond donors (Lipinski definition) is 0. The minimum absolute atomic E-state index is 0.206. The molecule has 0 unspecified atom stereocenters. The van der Waals surface area contributed by atoms with Crippen LogP contribution < -0.4 is 28.4 Å². The van der Waals surface area contributed by atoms with Gasteiger partial charge in [-0.1, -0.05) is 112 Å². The van der Waals surface area contributed by atoms with Gasteiger partial charge in [-0.2, -0.15) is 0 Å². The highest BCUT2D eigenvalue weighted by Crippen LogP contribution is 2.47. The lowest BCUT2D eigenvalue weighted by Crippen LogP contribution is -2.16. The zero-order chi connectivity index (χ0) is 40.7. The van der Waals surface area contributed by atoms with Crippen molar-refractivity contribution in [2.45, 2.75) is 151 Å². The minimum atomic E-state index is -0.396. The van der Waals surface area contributed by atoms with Crippen LogP contribution in [0.3, 0.4) is 0 Å². The Bertz CT molecular complexity index is 1730. The lowest BCUT2D eigenvalue weighted by molar-refractivity contribution is -0.146. The fourth-order valence-corrected chi connectivity index (χ4v) is 6.87. The molecule has 0 bridgehead atoms. The lowest BCUT2D eigenvalue weighted by Gasteiger charge is -2.20. The number of rotatable bonds is 31. The Morgan fingerprint density at radius 3 is 0.825 bits per heavy atom. The van der Waals surface area contributed by atoms with Crippen molar-refractivity contribution in [1.29, 1.82) is 0 Å². The van der Waals surface area contributed by atoms with Gasteiger partial charge in [0.05, 0.1) is 39.6 Å². The molecule has 57 heavy (non-hydrogen) atoms. The molecule has 4 rings (SSSR count). The minimum Gasteiger partial charge on any atom is -0.490 e. The number of esters is 1. The summed E-state index contributed by atoms with van der Waals surface area (Å²) >= 11 is 0. The summed E-state index contributed by atoms with van der Waals surface area (Å²) in [5, 5.41) is 6.00. The average Bonchev–Trinajstić information content (AvgIpc) is 3.22. The van der Waals surface area contributed by atoms with Gasteiger partial charge in [-0.15, -0.1) is 0 Å². The topological polar surface area (TPSA) is 81.7 Å². The number of carbonyl (C=O) groups excluding carboxylic acids is 1. The van der Waals surface area contributed by atoms with Crippen molar-refractivity contribution in [3.8, 4) is 34.5 Å². The summed E-state index contributed by atoms with van der Waals surface area (Å²) in [6.07, 6.45) is 17.6. The Morgan fingerprint density at radius 1 is 0.333 bits per heavy atom. The molecule has 0 spiro atoms. The van der Waals surface area contributed by atoms with Gasteiger partial charge < -0.3 is 33.2 Å². The standard InChI is InChI=1S/C49H72O8/c1-7-13-19-25-51-43-30-37-38-31-44(52-26-20-14-8-2)46(54-28-22-16-10-4)33-40(38)42-35-48(57-36-49(50)56-24-18-12-6)47(55-29-23-17-11-5)34-41(42)39(37)32-45(43)53-27-21-15-9-3/h30-35H,7-29,36H2,1-6H3. The summed E-state index contributed by atoms with van der Waals surface area (Å²) in [7, 11) is 0. The van der Waals surface area contributed by atoms with Gasteiger partial charge >= 0.3 is 5.97 Å². The monoisotopic (exact) mass is 789 g/mol. The Balaban J connectivity index is 1.99. The van der Waals surface area contributed by atoms with Crippen molar-refractivity contribution in [1.82, 2.24) is 0 Å². The van der Waals surface area contributed by atoms with Gasteiger partial charge in [0.25, 0.3) is 0 Å². The van der Waals surface area contributed by atoms with Crippen LogP contribution in [0, 0.1) is 0 Å². The van der Waals surface area contributed by atoms with Crippen molar-refractivity contribution in [2.24, 2.45) is 0 Å². The van der Waals surface area contributed by atoms with Crippen LogP contribution in [0.1, 0.15) is 151 Å². The van der Waals surface area contributed by atoms with Gasteiger partial charge in [0, 0.05) is 0 Å². The van der Waals surface area contributed by atoms with E-state index in [9.17, 15) is 4.79 Å². The van der Waals surface area contributed by atoms with E-state index in [2.05, 4.69) is 71.9 Å². The maximum atomic E-state index is 12.8. The molecule has 0 saturated heterocycles. The van der Waals surface area contributed by atoms with E-state index in [1.54, 1.807) is 0 Å². The third-order valence-electron chi connectivity index (χ3n) is 10.3. The van der Waals surface area contributed by atoms with Gasteiger partial charge in [-0.05, 0) is 107 Å². The third-order valence-corrected chi connectivity index (χ3v) is 10.3. The Hall–Kier alpha value is -4.07. The fraction of sp³-hybridized carbons (Fsp3) is 0.612. The van der Waals surface area contributed by atoms with Crippen LogP contribution in [0.25, 0.3) is 32.3 Å². The molecule has 0 atom stereocenters. The zero-order valence-electron chi connectivity index (χ0n) is 36.2. The third kappa shape index (κ3) is 14.1. The summed E-state index contributed by atoms with van der Waals surface area (Å²) < 4.78 is 44.3. The van der Waals surface area contributed by atoms with Crippen molar-refractivity contribution >= 4 is 38.3 Å². The second kappa shape index (κ2) is 26.0. The van der Waals surface area contributed by atoms with E-state index in [1.807, 2.05) is 6.07 Å². The first-order valence-corrected chi connectivity index (χ1v) is 22.5. The smallest absolute Gasteiger partial charge is 0.344 e. The molecule has 0 N–H and O–H groups in total. The van der Waals surface area contributed by atoms with Crippen LogP contribution in [0.4, 0.5) is 0 Å². The molecular weight excluding hydrogens is 717 g/mol. The van der Waals surface area contributed by atoms with E-state index in [0.717, 1.165) is 164 Å². The van der Waals surface area contributed by atoms with Crippen LogP contribution in [-0.2, 0) is 9.53 Å². The normalized spacial score (nSPS) is 11.3. The van der Waals surface area contributed by atoms with E-state index >= 15 is 0 Å². The van der Waals surface area contributed by atoms with Crippen molar-refractivity contribution in [3.05, 3.63) is 36.4 Å². The molecule has 0 radical (unpaired) electrons. The Morgan fingerprint density at radius 2 is 0.579 bits per heavy atom. The second-order valence-corrected chi connectivity index (χ2v) is 15.2. The van der Waals surface area contributed by atoms with E-state index in [1.165, 1.54) is 0 Å². The molecular formula is C49H72O8. The first-order valence-electron chi connectivity index (χ1n) is 22.5. The van der Waals surface area contributed by atoms with Gasteiger partial charge in [-0.3, -0.25) is 0 Å². The molecule has 0 aliphatic rings. The summed E-state index contributed by atoms with van der Waals surface area (Å²) in [5.74, 6) is 3.66. The molecule has 8 nitrogen and oxygen atoms in total. The molecule has 0 saturated carbocycles. The average molecular weight is 789 g/mol. The first kappa shape index (κ1) is 45.6. The van der Waals surface area contributed by atoms with Gasteiger partial charge in [-0.25, -0.2) is 4.79 Å². The summed E-state index contributed by atoms with van der Waals surface area (Å²) in [5.41, 5.74) is 0. The predicted molar refractivity (Wildman–Crippen MR) is 235 cm³/mol. The SMILES string of the molecule is CCCCCOc1cc2c3cc(OCCCCC)c(OCCCCC)cc3c3cc(OCC(=O)OCCCC)c(OCCCCC)cc3c2cc1OCCCCC. The van der Waals surface area contributed by atoms with Crippen LogP contribution >= 0.6 is 0 Å². The summed E-state index contributed by atoms with van der Waals surface area (Å²) in [6, 6.07) is 12.6. The zero-order valence-corrected chi connectivity index (χ0v) is 36.2. The molecule has 8 heteroatoms. The van der Waals surface area contributed by atoms with Crippen molar-refractivity contribution in [2.75, 3.05) is 46.2 Å². The number of benzene rings is 4. The first-order chi connectivity index (χ1) is 28.0. The number of hydrogen-bond acceptors (Lipinski definition) is 8. The Labute approximate surface area is 343 Å². The lowest BCUT2D eigenvalue weighted by atomic mass is 9.93. The molecule has 0 aliphatic carbocycles. The highest BCUT2D eigenvalue weighted by atomic mass is 16.6. The second-order valence-electron chi connectivity index (χ2n) is 15.2. The molecule has 316 valence electrons. The maximum absolute atomic E-state index is 12.8. The number of carbonyl (C=O) groups is 1. The van der Waals surface area contributed by atoms with E-state index < -0.39 is 5.97 Å². The van der Waals surface area contributed by atoms with Gasteiger partial charge in [0.15, 0.2) is 41.1 Å². The van der Waals surface area contributed by atoms with Crippen LogP contribution in [-0.4, -0.2) is 52.2 Å². The predicted octanol–water partition coefficient (Wildman–Crippen LogP) is 13.7. The highest BCUT2D eigenvalue weighted by molar-refractivity contribution is 6.26. The highest BCUT2D eigenvalue weighted by Gasteiger charge is 2.21. The maximum Gasteiger partial charge on any atom is 0.344 e. The molecule has 0 aromatic heterocycles. The molecule has 0 aliphatic heterocycles. The van der Waals surface area contributed by atoms with Crippen LogP contribution in [0.15, 0.2) is 36.4 Å². The van der Waals surface area contributed by atoms with E-state index in [4.69, 9.17) is 33.2 Å². The summed E-state index contributed by atoms with van der Waals surface area (Å²) in [4.78, 5) is 12.8. The molecule has 4 aromatic rings. The molecule has 0 fully saturated rings. The molecule has 0 heterocycles. The summed E-state index contributed by atoms with van der Waals surface area (Å²) in [6.45, 7) is 16.2. The largest absolute Gasteiger partial charge is 0.490 e. The number of unbranched alkanes of at least 4 members (excludes halogenated alkanes) is 11.